The van der Waals surface area contributed by atoms with E-state index < -0.39 is 10.1 Å². The van der Waals surface area contributed by atoms with Crippen LogP contribution in [0.5, 0.6) is 0 Å². The van der Waals surface area contributed by atoms with Crippen molar-refractivity contribution < 1.29 is 17.4 Å². The first-order valence-corrected chi connectivity index (χ1v) is 14.4. The summed E-state index contributed by atoms with van der Waals surface area (Å²) in [5.41, 5.74) is 5.86. The molecule has 0 saturated heterocycles. The molecule has 6 heteroatoms. The molecule has 3 rings (SSSR count). The largest absolute Gasteiger partial charge is 0.386 e. The van der Waals surface area contributed by atoms with Gasteiger partial charge in [-0.1, -0.05) is 49.2 Å². The average molecular weight is 487 g/mol. The maximum Gasteiger partial charge on any atom is 0.305 e. The van der Waals surface area contributed by atoms with Crippen molar-refractivity contribution in [1.29, 1.82) is 0 Å². The van der Waals surface area contributed by atoms with E-state index in [1.165, 1.54) is 10.5 Å². The van der Waals surface area contributed by atoms with Crippen molar-refractivity contribution in [3.8, 4) is 0 Å². The summed E-state index contributed by atoms with van der Waals surface area (Å²) < 4.78 is 29.7. The fourth-order valence-corrected chi connectivity index (χ4v) is 6.03. The SMILES string of the molecule is CCc1cc(C)cc(CC)c1C1=C(OS(C)(=O)=O)CC(CCSc2ccc(C)cc2)CC1=O. The van der Waals surface area contributed by atoms with Gasteiger partial charge in [0, 0.05) is 17.7 Å². The van der Waals surface area contributed by atoms with E-state index in [0.717, 1.165) is 53.5 Å². The van der Waals surface area contributed by atoms with E-state index >= 15 is 0 Å². The van der Waals surface area contributed by atoms with E-state index in [1.54, 1.807) is 11.8 Å². The van der Waals surface area contributed by atoms with Gasteiger partial charge in [0.05, 0.1) is 11.8 Å². The van der Waals surface area contributed by atoms with Crippen LogP contribution in [0.15, 0.2) is 47.1 Å². The summed E-state index contributed by atoms with van der Waals surface area (Å²) in [7, 11) is -3.74. The minimum Gasteiger partial charge on any atom is -0.386 e. The van der Waals surface area contributed by atoms with Gasteiger partial charge in [-0.15, -0.1) is 11.8 Å². The highest BCUT2D eigenvalue weighted by Gasteiger charge is 2.33. The number of Topliss-reactive ketones (excluding diaryl/α,β-unsaturated/α-hetero) is 1. The lowest BCUT2D eigenvalue weighted by Gasteiger charge is -2.28. The van der Waals surface area contributed by atoms with Crippen LogP contribution in [0.4, 0.5) is 0 Å². The van der Waals surface area contributed by atoms with Crippen LogP contribution < -0.4 is 0 Å². The number of benzene rings is 2. The summed E-state index contributed by atoms with van der Waals surface area (Å²) in [6, 6.07) is 12.6. The Morgan fingerprint density at radius 2 is 1.58 bits per heavy atom. The maximum atomic E-state index is 13.5. The molecule has 0 saturated carbocycles. The summed E-state index contributed by atoms with van der Waals surface area (Å²) in [5.74, 6) is 1.23. The summed E-state index contributed by atoms with van der Waals surface area (Å²) in [6.45, 7) is 8.24. The molecule has 1 atom stereocenters. The van der Waals surface area contributed by atoms with Crippen molar-refractivity contribution in [2.75, 3.05) is 12.0 Å². The molecule has 4 nitrogen and oxygen atoms in total. The normalized spacial score (nSPS) is 16.9. The molecule has 0 aromatic heterocycles. The number of carbonyl (C=O) groups is 1. The van der Waals surface area contributed by atoms with Gasteiger partial charge < -0.3 is 4.18 Å². The minimum absolute atomic E-state index is 0.0153. The van der Waals surface area contributed by atoms with Crippen LogP contribution in [0.2, 0.25) is 0 Å². The van der Waals surface area contributed by atoms with Gasteiger partial charge >= 0.3 is 10.1 Å². The zero-order valence-electron chi connectivity index (χ0n) is 20.2. The number of aryl methyl sites for hydroxylation is 4. The molecule has 0 radical (unpaired) electrons. The van der Waals surface area contributed by atoms with Crippen LogP contribution in [0.3, 0.4) is 0 Å². The Morgan fingerprint density at radius 1 is 0.970 bits per heavy atom. The fourth-order valence-electron chi connectivity index (χ4n) is 4.50. The van der Waals surface area contributed by atoms with E-state index in [-0.39, 0.29) is 11.7 Å². The van der Waals surface area contributed by atoms with Gasteiger partial charge in [0.2, 0.25) is 0 Å². The van der Waals surface area contributed by atoms with E-state index in [9.17, 15) is 13.2 Å². The fraction of sp³-hybridized carbons (Fsp3) is 0.444. The summed E-state index contributed by atoms with van der Waals surface area (Å²) in [4.78, 5) is 14.7. The molecule has 0 aliphatic heterocycles. The van der Waals surface area contributed by atoms with Gasteiger partial charge in [0.1, 0.15) is 5.76 Å². The first-order chi connectivity index (χ1) is 15.6. The minimum atomic E-state index is -3.74. The van der Waals surface area contributed by atoms with Gasteiger partial charge in [-0.2, -0.15) is 8.42 Å². The number of hydrogen-bond donors (Lipinski definition) is 0. The Hall–Kier alpha value is -2.05. The third-order valence-corrected chi connectivity index (χ3v) is 7.58. The van der Waals surface area contributed by atoms with Crippen molar-refractivity contribution in [1.82, 2.24) is 0 Å². The molecule has 0 fully saturated rings. The lowest BCUT2D eigenvalue weighted by atomic mass is 9.79. The molecular weight excluding hydrogens is 452 g/mol. The van der Waals surface area contributed by atoms with Crippen molar-refractivity contribution in [2.24, 2.45) is 5.92 Å². The molecule has 0 spiro atoms. The molecular formula is C27H34O4S2. The van der Waals surface area contributed by atoms with E-state index in [1.807, 2.05) is 0 Å². The molecule has 178 valence electrons. The Labute approximate surface area is 202 Å². The third kappa shape index (κ3) is 6.73. The first-order valence-electron chi connectivity index (χ1n) is 11.6. The van der Waals surface area contributed by atoms with Crippen LogP contribution >= 0.6 is 11.8 Å². The van der Waals surface area contributed by atoms with Gasteiger partial charge in [-0.25, -0.2) is 0 Å². The molecule has 33 heavy (non-hydrogen) atoms. The maximum absolute atomic E-state index is 13.5. The second-order valence-corrected chi connectivity index (χ2v) is 11.6. The van der Waals surface area contributed by atoms with Crippen LogP contribution in [-0.4, -0.2) is 26.2 Å². The van der Waals surface area contributed by atoms with E-state index in [2.05, 4.69) is 64.1 Å². The zero-order chi connectivity index (χ0) is 24.2. The lowest BCUT2D eigenvalue weighted by Crippen LogP contribution is -2.23. The number of hydrogen-bond acceptors (Lipinski definition) is 5. The first kappa shape index (κ1) is 25.6. The lowest BCUT2D eigenvalue weighted by molar-refractivity contribution is -0.115. The topological polar surface area (TPSA) is 60.4 Å². The highest BCUT2D eigenvalue weighted by Crippen LogP contribution is 2.40. The van der Waals surface area contributed by atoms with Crippen LogP contribution in [-0.2, 0) is 31.9 Å². The molecule has 0 bridgehead atoms. The van der Waals surface area contributed by atoms with E-state index in [4.69, 9.17) is 4.18 Å². The zero-order valence-corrected chi connectivity index (χ0v) is 21.9. The van der Waals surface area contributed by atoms with Crippen molar-refractivity contribution in [3.05, 3.63) is 70.0 Å². The molecule has 1 unspecified atom stereocenters. The summed E-state index contributed by atoms with van der Waals surface area (Å²) in [6.07, 6.45) is 4.29. The Bertz CT molecular complexity index is 1120. The quantitative estimate of drug-likeness (QED) is 0.308. The number of rotatable bonds is 9. The second kappa shape index (κ2) is 10.9. The molecule has 1 aliphatic carbocycles. The molecule has 1 aliphatic rings. The predicted octanol–water partition coefficient (Wildman–Crippen LogP) is 6.28. The van der Waals surface area contributed by atoms with E-state index in [0.29, 0.717) is 24.2 Å². The van der Waals surface area contributed by atoms with Gasteiger partial charge in [0.25, 0.3) is 0 Å². The smallest absolute Gasteiger partial charge is 0.305 e. The Balaban J connectivity index is 1.92. The molecule has 0 amide bonds. The van der Waals surface area contributed by atoms with Crippen LogP contribution in [0, 0.1) is 19.8 Å². The van der Waals surface area contributed by atoms with Crippen molar-refractivity contribution in [2.45, 2.75) is 64.7 Å². The standard InChI is InChI=1S/C27H34O4S2/c1-6-21-14-19(4)15-22(7-2)26(21)27-24(28)16-20(17-25(27)31-33(5,29)30)12-13-32-23-10-8-18(3)9-11-23/h8-11,14-15,20H,6-7,12-13,16-17H2,1-5H3. The van der Waals surface area contributed by atoms with Gasteiger partial charge in [-0.05, 0) is 73.6 Å². The Kier molecular flexibility index (Phi) is 8.46. The predicted molar refractivity (Wildman–Crippen MR) is 137 cm³/mol. The number of thioether (sulfide) groups is 1. The number of ketones is 1. The molecule has 0 heterocycles. The second-order valence-electron chi connectivity index (χ2n) is 8.90. The Morgan fingerprint density at radius 3 is 2.12 bits per heavy atom. The summed E-state index contributed by atoms with van der Waals surface area (Å²) in [5, 5.41) is 0. The van der Waals surface area contributed by atoms with Crippen LogP contribution in [0.25, 0.3) is 5.57 Å². The van der Waals surface area contributed by atoms with Gasteiger partial charge in [-0.3, -0.25) is 4.79 Å². The van der Waals surface area contributed by atoms with Crippen molar-refractivity contribution >= 4 is 33.2 Å². The third-order valence-electron chi connectivity index (χ3n) is 6.03. The highest BCUT2D eigenvalue weighted by molar-refractivity contribution is 7.99. The molecule has 2 aromatic carbocycles. The summed E-state index contributed by atoms with van der Waals surface area (Å²) >= 11 is 1.76. The van der Waals surface area contributed by atoms with Crippen molar-refractivity contribution in [3.63, 3.8) is 0 Å². The van der Waals surface area contributed by atoms with Gasteiger partial charge in [0.15, 0.2) is 5.78 Å². The number of carbonyl (C=O) groups excluding carboxylic acids is 1. The molecule has 2 aromatic rings. The average Bonchev–Trinajstić information content (AvgIpc) is 2.74. The molecule has 0 N–H and O–H groups in total. The van der Waals surface area contributed by atoms with Crippen LogP contribution in [0.1, 0.15) is 60.9 Å². The number of allylic oxidation sites excluding steroid dienone is 2. The monoisotopic (exact) mass is 486 g/mol. The highest BCUT2D eigenvalue weighted by atomic mass is 32.2.